The molecule has 1 aromatic carbocycles. The van der Waals surface area contributed by atoms with Crippen LogP contribution in [0, 0.1) is 11.7 Å². The van der Waals surface area contributed by atoms with Crippen LogP contribution in [0.1, 0.15) is 19.3 Å². The molecule has 0 aliphatic carbocycles. The van der Waals surface area contributed by atoms with Gasteiger partial charge < -0.3 is 15.2 Å². The van der Waals surface area contributed by atoms with Gasteiger partial charge >= 0.3 is 0 Å². The van der Waals surface area contributed by atoms with Gasteiger partial charge in [0.25, 0.3) is 0 Å². The number of hydrogen-bond acceptors (Lipinski definition) is 5. The van der Waals surface area contributed by atoms with E-state index in [4.69, 9.17) is 15.2 Å². The molecule has 0 radical (unpaired) electrons. The van der Waals surface area contributed by atoms with Gasteiger partial charge in [-0.15, -0.1) is 0 Å². The van der Waals surface area contributed by atoms with Crippen molar-refractivity contribution < 1.29 is 22.3 Å². The summed E-state index contributed by atoms with van der Waals surface area (Å²) in [6, 6.07) is 3.84. The summed E-state index contributed by atoms with van der Waals surface area (Å²) in [6.07, 6.45) is 2.13. The Hall–Kier alpha value is -1.22. The third kappa shape index (κ3) is 3.88. The summed E-state index contributed by atoms with van der Waals surface area (Å²) in [5.41, 5.74) is 5.80. The Morgan fingerprint density at radius 2 is 2.04 bits per heavy atom. The van der Waals surface area contributed by atoms with Crippen LogP contribution in [-0.2, 0) is 14.8 Å². The minimum atomic E-state index is -3.69. The summed E-state index contributed by atoms with van der Waals surface area (Å²) in [7, 11) is -3.69. The molecule has 2 N–H and O–H groups in total. The van der Waals surface area contributed by atoms with Gasteiger partial charge in [0.1, 0.15) is 0 Å². The minimum Gasteiger partial charge on any atom is -0.490 e. The van der Waals surface area contributed by atoms with Crippen LogP contribution in [0.3, 0.4) is 0 Å². The first kappa shape index (κ1) is 17.6. The van der Waals surface area contributed by atoms with Gasteiger partial charge in [-0.25, -0.2) is 12.8 Å². The number of nitrogens with two attached hydrogens (primary N) is 1. The molecule has 1 aromatic rings. The normalized spacial score (nSPS) is 23.5. The first-order valence-corrected chi connectivity index (χ1v) is 9.66. The summed E-state index contributed by atoms with van der Waals surface area (Å²) in [4.78, 5) is -0.0491. The zero-order valence-electron chi connectivity index (χ0n) is 13.5. The standard InChI is InChI=1S/C16H23FN2O4S/c17-15-9-14(24(20,21)19-6-3-13(18)4-7-19)1-2-16(15)23-11-12-5-8-22-10-12/h1-2,9,12-13H,3-8,10-11,18H2. The fourth-order valence-corrected chi connectivity index (χ4v) is 4.43. The Morgan fingerprint density at radius 3 is 2.67 bits per heavy atom. The highest BCUT2D eigenvalue weighted by Gasteiger charge is 2.29. The smallest absolute Gasteiger partial charge is 0.243 e. The van der Waals surface area contributed by atoms with Crippen LogP contribution in [-0.4, -0.2) is 51.7 Å². The lowest BCUT2D eigenvalue weighted by Crippen LogP contribution is -2.42. The van der Waals surface area contributed by atoms with Crippen LogP contribution in [0.4, 0.5) is 4.39 Å². The molecule has 1 unspecified atom stereocenters. The molecule has 1 atom stereocenters. The average Bonchev–Trinajstić information content (AvgIpc) is 3.07. The predicted molar refractivity (Wildman–Crippen MR) is 86.8 cm³/mol. The topological polar surface area (TPSA) is 81.9 Å². The molecular weight excluding hydrogens is 335 g/mol. The zero-order chi connectivity index (χ0) is 17.2. The zero-order valence-corrected chi connectivity index (χ0v) is 14.3. The van der Waals surface area contributed by atoms with E-state index in [0.29, 0.717) is 45.8 Å². The van der Waals surface area contributed by atoms with Crippen molar-refractivity contribution in [1.29, 1.82) is 0 Å². The van der Waals surface area contributed by atoms with Crippen molar-refractivity contribution in [1.82, 2.24) is 4.31 Å². The fraction of sp³-hybridized carbons (Fsp3) is 0.625. The Morgan fingerprint density at radius 1 is 1.29 bits per heavy atom. The highest BCUT2D eigenvalue weighted by atomic mass is 32.2. The van der Waals surface area contributed by atoms with Gasteiger partial charge in [0, 0.05) is 31.7 Å². The Labute approximate surface area is 141 Å². The molecule has 0 saturated carbocycles. The SMILES string of the molecule is NC1CCN(S(=O)(=O)c2ccc(OCC3CCOC3)c(F)c2)CC1. The van der Waals surface area contributed by atoms with Crippen LogP contribution in [0.2, 0.25) is 0 Å². The second-order valence-electron chi connectivity index (χ2n) is 6.37. The van der Waals surface area contributed by atoms with Crippen LogP contribution >= 0.6 is 0 Å². The molecule has 3 rings (SSSR count). The highest BCUT2D eigenvalue weighted by molar-refractivity contribution is 7.89. The van der Waals surface area contributed by atoms with Gasteiger partial charge in [0.05, 0.1) is 18.1 Å². The van der Waals surface area contributed by atoms with E-state index in [1.807, 2.05) is 0 Å². The van der Waals surface area contributed by atoms with E-state index in [0.717, 1.165) is 12.5 Å². The lowest BCUT2D eigenvalue weighted by molar-refractivity contribution is 0.165. The fourth-order valence-electron chi connectivity index (χ4n) is 2.95. The molecule has 2 aliphatic heterocycles. The molecule has 2 aliphatic rings. The maximum absolute atomic E-state index is 14.2. The quantitative estimate of drug-likeness (QED) is 0.859. The largest absolute Gasteiger partial charge is 0.490 e. The van der Waals surface area contributed by atoms with E-state index in [9.17, 15) is 12.8 Å². The monoisotopic (exact) mass is 358 g/mol. The molecule has 2 saturated heterocycles. The molecule has 8 heteroatoms. The van der Waals surface area contributed by atoms with Crippen LogP contribution in [0.15, 0.2) is 23.1 Å². The van der Waals surface area contributed by atoms with Crippen LogP contribution in [0.5, 0.6) is 5.75 Å². The Kier molecular flexibility index (Phi) is 5.39. The number of piperidine rings is 1. The van der Waals surface area contributed by atoms with E-state index < -0.39 is 15.8 Å². The number of benzene rings is 1. The van der Waals surface area contributed by atoms with Crippen molar-refractivity contribution >= 4 is 10.0 Å². The maximum Gasteiger partial charge on any atom is 0.243 e. The molecule has 0 spiro atoms. The maximum atomic E-state index is 14.2. The number of nitrogens with zero attached hydrogens (tertiary/aromatic N) is 1. The first-order valence-electron chi connectivity index (χ1n) is 8.22. The molecule has 24 heavy (non-hydrogen) atoms. The molecule has 2 heterocycles. The van der Waals surface area contributed by atoms with Gasteiger partial charge in [-0.2, -0.15) is 4.31 Å². The summed E-state index contributed by atoms with van der Waals surface area (Å²) < 4.78 is 51.5. The average molecular weight is 358 g/mol. The van der Waals surface area contributed by atoms with E-state index in [1.165, 1.54) is 16.4 Å². The second kappa shape index (κ2) is 7.35. The highest BCUT2D eigenvalue weighted by Crippen LogP contribution is 2.26. The number of rotatable bonds is 5. The number of hydrogen-bond donors (Lipinski definition) is 1. The van der Waals surface area contributed by atoms with Crippen molar-refractivity contribution in [2.75, 3.05) is 32.9 Å². The second-order valence-corrected chi connectivity index (χ2v) is 8.31. The minimum absolute atomic E-state index is 0.0310. The van der Waals surface area contributed by atoms with E-state index in [2.05, 4.69) is 0 Å². The van der Waals surface area contributed by atoms with Gasteiger partial charge in [-0.05, 0) is 37.5 Å². The first-order chi connectivity index (χ1) is 11.5. The molecule has 0 aromatic heterocycles. The van der Waals surface area contributed by atoms with Gasteiger partial charge in [-0.3, -0.25) is 0 Å². The summed E-state index contributed by atoms with van der Waals surface area (Å²) in [6.45, 7) is 2.42. The summed E-state index contributed by atoms with van der Waals surface area (Å²) in [5.74, 6) is -0.337. The van der Waals surface area contributed by atoms with Crippen molar-refractivity contribution in [3.8, 4) is 5.75 Å². The molecular formula is C16H23FN2O4S. The van der Waals surface area contributed by atoms with Crippen molar-refractivity contribution in [3.63, 3.8) is 0 Å². The van der Waals surface area contributed by atoms with E-state index in [-0.39, 0.29) is 22.6 Å². The third-order valence-electron chi connectivity index (χ3n) is 4.54. The summed E-state index contributed by atoms with van der Waals surface area (Å²) >= 11 is 0. The molecule has 2 fully saturated rings. The van der Waals surface area contributed by atoms with Gasteiger partial charge in [0.15, 0.2) is 11.6 Å². The van der Waals surface area contributed by atoms with Gasteiger partial charge in [-0.1, -0.05) is 0 Å². The molecule has 0 bridgehead atoms. The summed E-state index contributed by atoms with van der Waals surface area (Å²) in [5, 5.41) is 0. The number of sulfonamides is 1. The molecule has 134 valence electrons. The van der Waals surface area contributed by atoms with E-state index in [1.54, 1.807) is 0 Å². The third-order valence-corrected chi connectivity index (χ3v) is 6.43. The molecule has 6 nitrogen and oxygen atoms in total. The Balaban J connectivity index is 1.68. The van der Waals surface area contributed by atoms with Crippen LogP contribution < -0.4 is 10.5 Å². The number of ether oxygens (including phenoxy) is 2. The van der Waals surface area contributed by atoms with Gasteiger partial charge in [0.2, 0.25) is 10.0 Å². The van der Waals surface area contributed by atoms with Crippen molar-refractivity contribution in [2.24, 2.45) is 11.7 Å². The molecule has 0 amide bonds. The Bertz CT molecular complexity index is 669. The van der Waals surface area contributed by atoms with Crippen LogP contribution in [0.25, 0.3) is 0 Å². The lowest BCUT2D eigenvalue weighted by atomic mass is 10.1. The number of halogens is 1. The van der Waals surface area contributed by atoms with Crippen molar-refractivity contribution in [2.45, 2.75) is 30.2 Å². The van der Waals surface area contributed by atoms with Crippen molar-refractivity contribution in [3.05, 3.63) is 24.0 Å². The van der Waals surface area contributed by atoms with E-state index >= 15 is 0 Å². The predicted octanol–water partition coefficient (Wildman–Crippen LogP) is 1.35. The lowest BCUT2D eigenvalue weighted by Gasteiger charge is -2.29.